The minimum atomic E-state index is -0.490. The molecular formula is C31H34N2O4. The van der Waals surface area contributed by atoms with Crippen molar-refractivity contribution in [2.24, 2.45) is 0 Å². The van der Waals surface area contributed by atoms with E-state index < -0.39 is 6.09 Å². The zero-order valence-electron chi connectivity index (χ0n) is 21.6. The van der Waals surface area contributed by atoms with Crippen LogP contribution in [-0.4, -0.2) is 29.5 Å². The molecule has 6 heteroatoms. The SMILES string of the molecule is COc1ccc(CN2C(=O)/C(=C/CC(NC(=O)OCc3ccccc3)c3ccccc3)CC2(C)C)cc1. The number of methoxy groups -OCH3 is 1. The molecule has 0 saturated carbocycles. The van der Waals surface area contributed by atoms with Gasteiger partial charge in [0.25, 0.3) is 0 Å². The summed E-state index contributed by atoms with van der Waals surface area (Å²) in [5, 5.41) is 2.98. The molecule has 192 valence electrons. The standard InChI is InChI=1S/C31H34N2O4/c1-31(2)20-26(29(34)33(31)21-23-14-17-27(36-3)18-15-23)16-19-28(25-12-8-5-9-13-25)32-30(35)37-22-24-10-6-4-7-11-24/h4-18,28H,19-22H2,1-3H3,(H,32,35)/b26-16+. The van der Waals surface area contributed by atoms with E-state index in [2.05, 4.69) is 19.2 Å². The Labute approximate surface area is 218 Å². The topological polar surface area (TPSA) is 67.9 Å². The number of benzene rings is 3. The molecule has 2 amide bonds. The van der Waals surface area contributed by atoms with Crippen LogP contribution in [0.3, 0.4) is 0 Å². The molecule has 1 saturated heterocycles. The van der Waals surface area contributed by atoms with Crippen LogP contribution in [0, 0.1) is 0 Å². The fourth-order valence-electron chi connectivity index (χ4n) is 4.58. The molecule has 6 nitrogen and oxygen atoms in total. The number of ether oxygens (including phenoxy) is 2. The van der Waals surface area contributed by atoms with Gasteiger partial charge in [0.05, 0.1) is 13.2 Å². The van der Waals surface area contributed by atoms with Gasteiger partial charge in [0, 0.05) is 24.1 Å². The number of nitrogens with one attached hydrogen (secondary N) is 1. The first-order valence-electron chi connectivity index (χ1n) is 12.5. The Balaban J connectivity index is 1.45. The van der Waals surface area contributed by atoms with E-state index in [-0.39, 0.29) is 24.1 Å². The maximum absolute atomic E-state index is 13.4. The molecule has 1 unspecified atom stereocenters. The Morgan fingerprint density at radius 2 is 1.62 bits per heavy atom. The second-order valence-corrected chi connectivity index (χ2v) is 9.86. The van der Waals surface area contributed by atoms with Crippen molar-refractivity contribution in [1.82, 2.24) is 10.2 Å². The van der Waals surface area contributed by atoms with Crippen LogP contribution in [0.25, 0.3) is 0 Å². The predicted octanol–water partition coefficient (Wildman–Crippen LogP) is 6.19. The normalized spacial score (nSPS) is 16.5. The summed E-state index contributed by atoms with van der Waals surface area (Å²) in [4.78, 5) is 27.9. The van der Waals surface area contributed by atoms with Crippen molar-refractivity contribution in [3.63, 3.8) is 0 Å². The van der Waals surface area contributed by atoms with Crippen molar-refractivity contribution in [3.8, 4) is 5.75 Å². The molecular weight excluding hydrogens is 464 g/mol. The lowest BCUT2D eigenvalue weighted by Crippen LogP contribution is -2.40. The van der Waals surface area contributed by atoms with Gasteiger partial charge in [-0.1, -0.05) is 78.9 Å². The zero-order chi connectivity index (χ0) is 26.3. The summed E-state index contributed by atoms with van der Waals surface area (Å²) in [5.74, 6) is 0.817. The Morgan fingerprint density at radius 1 is 0.973 bits per heavy atom. The van der Waals surface area contributed by atoms with Gasteiger partial charge in [-0.25, -0.2) is 4.79 Å². The highest BCUT2D eigenvalue weighted by Gasteiger charge is 2.41. The third-order valence-corrected chi connectivity index (χ3v) is 6.68. The summed E-state index contributed by atoms with van der Waals surface area (Å²) < 4.78 is 10.7. The number of hydrogen-bond donors (Lipinski definition) is 1. The quantitative estimate of drug-likeness (QED) is 0.357. The molecule has 1 atom stereocenters. The Morgan fingerprint density at radius 3 is 2.27 bits per heavy atom. The number of nitrogens with zero attached hydrogens (tertiary/aromatic N) is 1. The average Bonchev–Trinajstić information content (AvgIpc) is 3.14. The molecule has 4 rings (SSSR count). The fourth-order valence-corrected chi connectivity index (χ4v) is 4.58. The summed E-state index contributed by atoms with van der Waals surface area (Å²) in [6.45, 7) is 4.90. The van der Waals surface area contributed by atoms with Crippen molar-refractivity contribution in [1.29, 1.82) is 0 Å². The lowest BCUT2D eigenvalue weighted by molar-refractivity contribution is -0.128. The van der Waals surface area contributed by atoms with Gasteiger partial charge in [0.2, 0.25) is 5.91 Å². The molecule has 37 heavy (non-hydrogen) atoms. The third-order valence-electron chi connectivity index (χ3n) is 6.68. The Bertz CT molecular complexity index is 1220. The van der Waals surface area contributed by atoms with Crippen LogP contribution >= 0.6 is 0 Å². The number of amides is 2. The molecule has 0 aliphatic carbocycles. The second-order valence-electron chi connectivity index (χ2n) is 9.86. The first-order chi connectivity index (χ1) is 17.9. The van der Waals surface area contributed by atoms with Crippen LogP contribution in [0.2, 0.25) is 0 Å². The third kappa shape index (κ3) is 6.79. The molecule has 1 heterocycles. The van der Waals surface area contributed by atoms with Crippen molar-refractivity contribution >= 4 is 12.0 Å². The van der Waals surface area contributed by atoms with E-state index in [1.54, 1.807) is 7.11 Å². The van der Waals surface area contributed by atoms with E-state index in [4.69, 9.17) is 9.47 Å². The number of carbonyl (C=O) groups is 2. The molecule has 0 aromatic heterocycles. The Kier molecular flexibility index (Phi) is 8.29. The highest BCUT2D eigenvalue weighted by molar-refractivity contribution is 5.96. The lowest BCUT2D eigenvalue weighted by Gasteiger charge is -2.31. The van der Waals surface area contributed by atoms with Crippen LogP contribution in [0.1, 0.15) is 49.4 Å². The van der Waals surface area contributed by atoms with Gasteiger partial charge < -0.3 is 19.7 Å². The molecule has 3 aromatic rings. The van der Waals surface area contributed by atoms with E-state index in [1.165, 1.54) is 0 Å². The second kappa shape index (κ2) is 11.8. The minimum Gasteiger partial charge on any atom is -0.497 e. The van der Waals surface area contributed by atoms with Gasteiger partial charge in [0.15, 0.2) is 0 Å². The van der Waals surface area contributed by atoms with Crippen LogP contribution in [-0.2, 0) is 22.7 Å². The highest BCUT2D eigenvalue weighted by atomic mass is 16.5. The van der Waals surface area contributed by atoms with Crippen LogP contribution in [0.5, 0.6) is 5.75 Å². The van der Waals surface area contributed by atoms with Crippen molar-refractivity contribution in [3.05, 3.63) is 113 Å². The van der Waals surface area contributed by atoms with Crippen LogP contribution in [0.15, 0.2) is 96.6 Å². The molecule has 0 spiro atoms. The van der Waals surface area contributed by atoms with E-state index in [9.17, 15) is 9.59 Å². The van der Waals surface area contributed by atoms with Gasteiger partial charge in [-0.3, -0.25) is 4.79 Å². The zero-order valence-corrected chi connectivity index (χ0v) is 21.6. The largest absolute Gasteiger partial charge is 0.497 e. The fraction of sp³-hybridized carbons (Fsp3) is 0.290. The molecule has 0 radical (unpaired) electrons. The van der Waals surface area contributed by atoms with Gasteiger partial charge in [0.1, 0.15) is 12.4 Å². The number of rotatable bonds is 9. The number of hydrogen-bond acceptors (Lipinski definition) is 4. The van der Waals surface area contributed by atoms with Gasteiger partial charge >= 0.3 is 6.09 Å². The molecule has 1 fully saturated rings. The summed E-state index contributed by atoms with van der Waals surface area (Å²) in [5.41, 5.74) is 3.38. The first-order valence-corrected chi connectivity index (χ1v) is 12.5. The minimum absolute atomic E-state index is 0.0271. The monoisotopic (exact) mass is 498 g/mol. The van der Waals surface area contributed by atoms with Gasteiger partial charge in [-0.05, 0) is 49.1 Å². The molecule has 1 aliphatic heterocycles. The number of carbonyl (C=O) groups excluding carboxylic acids is 2. The van der Waals surface area contributed by atoms with E-state index >= 15 is 0 Å². The van der Waals surface area contributed by atoms with Crippen molar-refractivity contribution in [2.45, 2.75) is 51.4 Å². The van der Waals surface area contributed by atoms with Crippen LogP contribution < -0.4 is 10.1 Å². The molecule has 1 aliphatic rings. The summed E-state index contributed by atoms with van der Waals surface area (Å²) in [6.07, 6.45) is 2.60. The van der Waals surface area contributed by atoms with Gasteiger partial charge in [-0.15, -0.1) is 0 Å². The molecule has 1 N–H and O–H groups in total. The van der Waals surface area contributed by atoms with Crippen molar-refractivity contribution in [2.75, 3.05) is 7.11 Å². The maximum Gasteiger partial charge on any atom is 0.407 e. The first kappa shape index (κ1) is 26.0. The van der Waals surface area contributed by atoms with E-state index in [1.807, 2.05) is 95.9 Å². The summed E-state index contributed by atoms with van der Waals surface area (Å²) in [7, 11) is 1.64. The number of likely N-dealkylation sites (tertiary alicyclic amines) is 1. The Hall–Kier alpha value is -4.06. The van der Waals surface area contributed by atoms with Crippen LogP contribution in [0.4, 0.5) is 4.79 Å². The lowest BCUT2D eigenvalue weighted by atomic mass is 9.97. The summed E-state index contributed by atoms with van der Waals surface area (Å²) in [6, 6.07) is 26.8. The van der Waals surface area contributed by atoms with E-state index in [0.717, 1.165) is 28.0 Å². The molecule has 0 bridgehead atoms. The van der Waals surface area contributed by atoms with Crippen molar-refractivity contribution < 1.29 is 19.1 Å². The smallest absolute Gasteiger partial charge is 0.407 e. The highest BCUT2D eigenvalue weighted by Crippen LogP contribution is 2.35. The molecule has 3 aromatic carbocycles. The predicted molar refractivity (Wildman–Crippen MR) is 144 cm³/mol. The average molecular weight is 499 g/mol. The maximum atomic E-state index is 13.4. The number of alkyl carbamates (subject to hydrolysis) is 1. The summed E-state index contributed by atoms with van der Waals surface area (Å²) >= 11 is 0. The van der Waals surface area contributed by atoms with Gasteiger partial charge in [-0.2, -0.15) is 0 Å². The van der Waals surface area contributed by atoms with E-state index in [0.29, 0.717) is 19.4 Å².